The highest BCUT2D eigenvalue weighted by Crippen LogP contribution is 2.29. The summed E-state index contributed by atoms with van der Waals surface area (Å²) in [6, 6.07) is 19.2. The number of benzene rings is 3. The number of carbonyl (C=O) groups is 2. The fourth-order valence-electron chi connectivity index (χ4n) is 5.26. The molecule has 3 aromatic rings. The van der Waals surface area contributed by atoms with Gasteiger partial charge in [-0.1, -0.05) is 91.9 Å². The molecular weight excluding hydrogens is 593 g/mol. The Hall–Kier alpha value is -3.07. The van der Waals surface area contributed by atoms with E-state index >= 15 is 0 Å². The van der Waals surface area contributed by atoms with Gasteiger partial charge in [-0.2, -0.15) is 0 Å². The molecule has 0 radical (unpaired) electrons. The van der Waals surface area contributed by atoms with Crippen molar-refractivity contribution in [3.8, 4) is 0 Å². The molecule has 1 aliphatic carbocycles. The highest BCUT2D eigenvalue weighted by atomic mass is 35.5. The molecule has 1 N–H and O–H groups in total. The van der Waals surface area contributed by atoms with Crippen LogP contribution in [0.4, 0.5) is 5.69 Å². The summed E-state index contributed by atoms with van der Waals surface area (Å²) in [5, 5.41) is 3.98. The average molecular weight is 631 g/mol. The van der Waals surface area contributed by atoms with Crippen molar-refractivity contribution in [2.45, 2.75) is 75.9 Å². The van der Waals surface area contributed by atoms with Crippen molar-refractivity contribution in [1.29, 1.82) is 0 Å². The van der Waals surface area contributed by atoms with Crippen molar-refractivity contribution < 1.29 is 18.0 Å². The van der Waals surface area contributed by atoms with Crippen molar-refractivity contribution in [1.82, 2.24) is 10.2 Å². The lowest BCUT2D eigenvalue weighted by molar-refractivity contribution is -0.140. The molecular formula is C32H37Cl2N3O4S. The molecule has 4 rings (SSSR count). The molecule has 0 bridgehead atoms. The van der Waals surface area contributed by atoms with Crippen LogP contribution in [-0.4, -0.2) is 43.8 Å². The number of nitrogens with zero attached hydrogens (tertiary/aromatic N) is 2. The first kappa shape index (κ1) is 31.9. The van der Waals surface area contributed by atoms with Crippen molar-refractivity contribution >= 4 is 50.7 Å². The molecule has 0 aliphatic heterocycles. The molecule has 0 unspecified atom stereocenters. The molecule has 2 amide bonds. The fourth-order valence-corrected chi connectivity index (χ4v) is 7.06. The van der Waals surface area contributed by atoms with Crippen molar-refractivity contribution in [2.24, 2.45) is 0 Å². The number of hydrogen-bond acceptors (Lipinski definition) is 4. The SMILES string of the molecule is CC[C@H](C(=O)NC1CCCCC1)N(Cc1ccccc1Cl)C(=O)CN(c1ccc(C)c(Cl)c1)S(=O)(=O)c1ccccc1. The molecule has 0 saturated heterocycles. The van der Waals surface area contributed by atoms with Gasteiger partial charge in [-0.25, -0.2) is 8.42 Å². The van der Waals surface area contributed by atoms with Crippen LogP contribution in [-0.2, 0) is 26.2 Å². The number of anilines is 1. The van der Waals surface area contributed by atoms with Crippen LogP contribution in [0.3, 0.4) is 0 Å². The van der Waals surface area contributed by atoms with Crippen LogP contribution >= 0.6 is 23.2 Å². The van der Waals surface area contributed by atoms with Gasteiger partial charge in [0.2, 0.25) is 11.8 Å². The van der Waals surface area contributed by atoms with Gasteiger partial charge < -0.3 is 10.2 Å². The molecule has 10 heteroatoms. The molecule has 7 nitrogen and oxygen atoms in total. The molecule has 0 heterocycles. The first-order valence-corrected chi connectivity index (χ1v) is 16.5. The van der Waals surface area contributed by atoms with E-state index in [1.165, 1.54) is 23.1 Å². The summed E-state index contributed by atoms with van der Waals surface area (Å²) in [5.41, 5.74) is 1.68. The van der Waals surface area contributed by atoms with E-state index in [0.29, 0.717) is 22.0 Å². The number of nitrogens with one attached hydrogen (secondary N) is 1. The Labute approximate surface area is 258 Å². The molecule has 1 fully saturated rings. The zero-order valence-corrected chi connectivity index (χ0v) is 26.3. The highest BCUT2D eigenvalue weighted by Gasteiger charge is 2.34. The maximum atomic E-state index is 14.2. The van der Waals surface area contributed by atoms with Gasteiger partial charge in [-0.15, -0.1) is 0 Å². The Kier molecular flexibility index (Phi) is 10.9. The Bertz CT molecular complexity index is 1490. The minimum atomic E-state index is -4.17. The number of amides is 2. The monoisotopic (exact) mass is 629 g/mol. The van der Waals surface area contributed by atoms with E-state index in [0.717, 1.165) is 42.0 Å². The standard InChI is InChI=1S/C32H37Cl2N3O4S/c1-3-30(32(39)35-25-13-6-4-7-14-25)36(21-24-12-10-11-17-28(24)33)31(38)22-37(26-19-18-23(2)29(34)20-26)42(40,41)27-15-8-5-9-16-27/h5,8-12,15-20,25,30H,3-4,6-7,13-14,21-22H2,1-2H3,(H,35,39)/t30-/m1/s1. The van der Waals surface area contributed by atoms with E-state index in [2.05, 4.69) is 5.32 Å². The fraction of sp³-hybridized carbons (Fsp3) is 0.375. The van der Waals surface area contributed by atoms with Gasteiger partial charge in [0.05, 0.1) is 10.6 Å². The number of hydrogen-bond donors (Lipinski definition) is 1. The lowest BCUT2D eigenvalue weighted by Gasteiger charge is -2.34. The molecule has 224 valence electrons. The van der Waals surface area contributed by atoms with Gasteiger partial charge in [-0.05, 0) is 67.6 Å². The van der Waals surface area contributed by atoms with E-state index < -0.39 is 28.5 Å². The van der Waals surface area contributed by atoms with Crippen molar-refractivity contribution in [3.63, 3.8) is 0 Å². The maximum Gasteiger partial charge on any atom is 0.264 e. The van der Waals surface area contributed by atoms with Gasteiger partial charge in [0.15, 0.2) is 0 Å². The molecule has 1 saturated carbocycles. The van der Waals surface area contributed by atoms with Crippen LogP contribution in [0.2, 0.25) is 10.0 Å². The van der Waals surface area contributed by atoms with E-state index in [9.17, 15) is 18.0 Å². The predicted octanol–water partition coefficient (Wildman–Crippen LogP) is 6.75. The minimum absolute atomic E-state index is 0.0363. The van der Waals surface area contributed by atoms with E-state index in [4.69, 9.17) is 23.2 Å². The zero-order chi connectivity index (χ0) is 30.3. The third kappa shape index (κ3) is 7.65. The summed E-state index contributed by atoms with van der Waals surface area (Å²) in [6.07, 6.45) is 5.40. The molecule has 0 spiro atoms. The number of rotatable bonds is 11. The molecule has 3 aromatic carbocycles. The van der Waals surface area contributed by atoms with Crippen LogP contribution < -0.4 is 9.62 Å². The summed E-state index contributed by atoms with van der Waals surface area (Å²) in [4.78, 5) is 29.3. The predicted molar refractivity (Wildman–Crippen MR) is 168 cm³/mol. The quantitative estimate of drug-likeness (QED) is 0.254. The Morgan fingerprint density at radius 2 is 1.60 bits per heavy atom. The summed E-state index contributed by atoms with van der Waals surface area (Å²) in [5.74, 6) is -0.780. The second-order valence-corrected chi connectivity index (χ2v) is 13.3. The first-order chi connectivity index (χ1) is 20.1. The number of aryl methyl sites for hydroxylation is 1. The normalized spacial score (nSPS) is 14.7. The van der Waals surface area contributed by atoms with Gasteiger partial charge in [-0.3, -0.25) is 13.9 Å². The third-order valence-corrected chi connectivity index (χ3v) is 10.3. The van der Waals surface area contributed by atoms with E-state index in [1.54, 1.807) is 48.5 Å². The number of carbonyl (C=O) groups excluding carboxylic acids is 2. The largest absolute Gasteiger partial charge is 0.352 e. The van der Waals surface area contributed by atoms with Crippen LogP contribution in [0.15, 0.2) is 77.7 Å². The molecule has 1 aliphatic rings. The second kappa shape index (κ2) is 14.4. The van der Waals surface area contributed by atoms with Crippen molar-refractivity contribution in [3.05, 3.63) is 94.0 Å². The van der Waals surface area contributed by atoms with Crippen molar-refractivity contribution in [2.75, 3.05) is 10.8 Å². The Morgan fingerprint density at radius 3 is 2.24 bits per heavy atom. The first-order valence-electron chi connectivity index (χ1n) is 14.3. The smallest absolute Gasteiger partial charge is 0.264 e. The van der Waals surface area contributed by atoms with Crippen LogP contribution in [0.25, 0.3) is 0 Å². The van der Waals surface area contributed by atoms with Crippen LogP contribution in [0.5, 0.6) is 0 Å². The highest BCUT2D eigenvalue weighted by molar-refractivity contribution is 7.92. The van der Waals surface area contributed by atoms with Crippen LogP contribution in [0.1, 0.15) is 56.6 Å². The summed E-state index contributed by atoms with van der Waals surface area (Å²) in [6.45, 7) is 3.17. The van der Waals surface area contributed by atoms with Gasteiger partial charge >= 0.3 is 0 Å². The summed E-state index contributed by atoms with van der Waals surface area (Å²) in [7, 11) is -4.17. The Balaban J connectivity index is 1.72. The van der Waals surface area contributed by atoms with Gasteiger partial charge in [0.25, 0.3) is 10.0 Å². The number of halogens is 2. The lowest BCUT2D eigenvalue weighted by atomic mass is 9.95. The summed E-state index contributed by atoms with van der Waals surface area (Å²) >= 11 is 12.9. The third-order valence-electron chi connectivity index (χ3n) is 7.69. The molecule has 42 heavy (non-hydrogen) atoms. The van der Waals surface area contributed by atoms with E-state index in [1.807, 2.05) is 19.9 Å². The zero-order valence-electron chi connectivity index (χ0n) is 23.9. The summed E-state index contributed by atoms with van der Waals surface area (Å²) < 4.78 is 29.0. The second-order valence-electron chi connectivity index (χ2n) is 10.6. The minimum Gasteiger partial charge on any atom is -0.352 e. The number of sulfonamides is 1. The molecule has 1 atom stereocenters. The lowest BCUT2D eigenvalue weighted by Crippen LogP contribution is -2.54. The van der Waals surface area contributed by atoms with Gasteiger partial charge in [0.1, 0.15) is 12.6 Å². The topological polar surface area (TPSA) is 86.8 Å². The van der Waals surface area contributed by atoms with Crippen LogP contribution in [0, 0.1) is 6.92 Å². The average Bonchev–Trinajstić information content (AvgIpc) is 2.99. The van der Waals surface area contributed by atoms with E-state index in [-0.39, 0.29) is 29.1 Å². The molecule has 0 aromatic heterocycles. The maximum absolute atomic E-state index is 14.2. The van der Waals surface area contributed by atoms with Gasteiger partial charge in [0, 0.05) is 22.6 Å². The Morgan fingerprint density at radius 1 is 0.929 bits per heavy atom.